The van der Waals surface area contributed by atoms with Crippen LogP contribution in [0.4, 0.5) is 28.4 Å². The molecule has 0 spiro atoms. The van der Waals surface area contributed by atoms with E-state index in [0.29, 0.717) is 23.7 Å². The number of hydrogen-bond donors (Lipinski definition) is 3. The normalized spacial score (nSPS) is 14.3. The smallest absolute Gasteiger partial charge is 0.360 e. The molecule has 2 heterocycles. The van der Waals surface area contributed by atoms with Gasteiger partial charge in [-0.25, -0.2) is 9.37 Å². The van der Waals surface area contributed by atoms with Crippen molar-refractivity contribution in [1.29, 1.82) is 0 Å². The number of halogens is 4. The summed E-state index contributed by atoms with van der Waals surface area (Å²) < 4.78 is 51.7. The number of nitrogens with two attached hydrogens (primary N) is 1. The monoisotopic (exact) mass is 450 g/mol. The summed E-state index contributed by atoms with van der Waals surface area (Å²) in [5, 5.41) is 6.54. The zero-order chi connectivity index (χ0) is 22.2. The molecule has 0 radical (unpaired) electrons. The standard InChI is InChI=1S/C21H18F4N4OS/c22-16-6-11(1-3-15(16)21(23,24)25)5-14(26)9-27-20-28-10-18(31-20)12-2-4-17-13(7-12)8-19(30)29-17/h1-4,6-7,10,14H,5,8-9,26H2,(H,27,28)(H,29,30)/t14-/m0/s1. The minimum atomic E-state index is -4.72. The average molecular weight is 450 g/mol. The Morgan fingerprint density at radius 3 is 2.77 bits per heavy atom. The first-order chi connectivity index (χ1) is 14.7. The number of alkyl halides is 3. The minimum Gasteiger partial charge on any atom is -0.360 e. The molecule has 0 unspecified atom stereocenters. The van der Waals surface area contributed by atoms with Crippen molar-refractivity contribution in [2.24, 2.45) is 5.73 Å². The topological polar surface area (TPSA) is 80.0 Å². The van der Waals surface area contributed by atoms with Gasteiger partial charge in [0.05, 0.1) is 16.9 Å². The maximum Gasteiger partial charge on any atom is 0.419 e. The lowest BCUT2D eigenvalue weighted by Gasteiger charge is -2.14. The predicted molar refractivity (Wildman–Crippen MR) is 111 cm³/mol. The van der Waals surface area contributed by atoms with Crippen LogP contribution < -0.4 is 16.4 Å². The lowest BCUT2D eigenvalue weighted by atomic mass is 10.0. The van der Waals surface area contributed by atoms with E-state index in [4.69, 9.17) is 5.73 Å². The van der Waals surface area contributed by atoms with Crippen molar-refractivity contribution >= 4 is 28.1 Å². The summed E-state index contributed by atoms with van der Waals surface area (Å²) in [5.74, 6) is -1.33. The van der Waals surface area contributed by atoms with Crippen LogP contribution in [-0.2, 0) is 23.8 Å². The Hall–Kier alpha value is -2.98. The fraction of sp³-hybridized carbons (Fsp3) is 0.238. The second kappa shape index (κ2) is 8.27. The van der Waals surface area contributed by atoms with Crippen molar-refractivity contribution in [3.05, 3.63) is 65.1 Å². The van der Waals surface area contributed by atoms with Crippen molar-refractivity contribution in [3.63, 3.8) is 0 Å². The number of benzene rings is 2. The van der Waals surface area contributed by atoms with Gasteiger partial charge in [-0.2, -0.15) is 13.2 Å². The Bertz CT molecular complexity index is 1130. The van der Waals surface area contributed by atoms with E-state index in [9.17, 15) is 22.4 Å². The van der Waals surface area contributed by atoms with E-state index in [2.05, 4.69) is 15.6 Å². The highest BCUT2D eigenvalue weighted by Gasteiger charge is 2.33. The van der Waals surface area contributed by atoms with Gasteiger partial charge in [-0.15, -0.1) is 0 Å². The van der Waals surface area contributed by atoms with Crippen LogP contribution >= 0.6 is 11.3 Å². The van der Waals surface area contributed by atoms with E-state index in [0.717, 1.165) is 33.8 Å². The highest BCUT2D eigenvalue weighted by Crippen LogP contribution is 2.34. The highest BCUT2D eigenvalue weighted by atomic mass is 32.1. The quantitative estimate of drug-likeness (QED) is 0.485. The molecule has 162 valence electrons. The molecule has 0 saturated carbocycles. The maximum atomic E-state index is 13.7. The summed E-state index contributed by atoms with van der Waals surface area (Å²) >= 11 is 1.42. The molecular weight excluding hydrogens is 432 g/mol. The Balaban J connectivity index is 1.35. The zero-order valence-electron chi connectivity index (χ0n) is 16.1. The van der Waals surface area contributed by atoms with Crippen LogP contribution in [0.25, 0.3) is 10.4 Å². The first kappa shape index (κ1) is 21.3. The Labute approximate surface area is 179 Å². The van der Waals surface area contributed by atoms with Gasteiger partial charge in [-0.05, 0) is 47.4 Å². The number of carbonyl (C=O) groups excluding carboxylic acids is 1. The molecule has 0 aliphatic carbocycles. The molecular formula is C21H18F4N4OS. The molecule has 1 aromatic heterocycles. The van der Waals surface area contributed by atoms with Crippen LogP contribution in [0, 0.1) is 5.82 Å². The Morgan fingerprint density at radius 2 is 2.03 bits per heavy atom. The molecule has 0 fully saturated rings. The van der Waals surface area contributed by atoms with Crippen LogP contribution in [0.2, 0.25) is 0 Å². The van der Waals surface area contributed by atoms with E-state index < -0.39 is 23.6 Å². The molecule has 2 aromatic carbocycles. The van der Waals surface area contributed by atoms with Crippen molar-refractivity contribution < 1.29 is 22.4 Å². The third kappa shape index (κ3) is 4.86. The Morgan fingerprint density at radius 1 is 1.23 bits per heavy atom. The van der Waals surface area contributed by atoms with Gasteiger partial charge in [0, 0.05) is 24.5 Å². The number of hydrogen-bond acceptors (Lipinski definition) is 5. The summed E-state index contributed by atoms with van der Waals surface area (Å²) in [6.45, 7) is 0.318. The fourth-order valence-electron chi connectivity index (χ4n) is 3.38. The number of amides is 1. The van der Waals surface area contributed by atoms with E-state index >= 15 is 0 Å². The van der Waals surface area contributed by atoms with Crippen molar-refractivity contribution in [3.8, 4) is 10.4 Å². The third-order valence-electron chi connectivity index (χ3n) is 4.87. The van der Waals surface area contributed by atoms with Crippen LogP contribution in [0.1, 0.15) is 16.7 Å². The van der Waals surface area contributed by atoms with Crippen molar-refractivity contribution in [2.75, 3.05) is 17.2 Å². The molecule has 1 amide bonds. The SMILES string of the molecule is N[C@H](CNc1ncc(-c2ccc3c(c2)CC(=O)N3)s1)Cc1ccc(C(F)(F)F)c(F)c1. The van der Waals surface area contributed by atoms with Crippen LogP contribution in [-0.4, -0.2) is 23.5 Å². The first-order valence-electron chi connectivity index (χ1n) is 9.43. The van der Waals surface area contributed by atoms with Gasteiger partial charge >= 0.3 is 6.18 Å². The van der Waals surface area contributed by atoms with Crippen LogP contribution in [0.15, 0.2) is 42.6 Å². The second-order valence-electron chi connectivity index (χ2n) is 7.28. The van der Waals surface area contributed by atoms with Gasteiger partial charge in [-0.1, -0.05) is 23.5 Å². The van der Waals surface area contributed by atoms with Gasteiger partial charge in [-0.3, -0.25) is 4.79 Å². The van der Waals surface area contributed by atoms with E-state index in [-0.39, 0.29) is 12.3 Å². The molecule has 0 saturated heterocycles. The largest absolute Gasteiger partial charge is 0.419 e. The summed E-state index contributed by atoms with van der Waals surface area (Å²) in [4.78, 5) is 16.7. The lowest BCUT2D eigenvalue weighted by Crippen LogP contribution is -2.31. The molecule has 1 aliphatic heterocycles. The van der Waals surface area contributed by atoms with Gasteiger partial charge in [0.1, 0.15) is 5.82 Å². The number of fused-ring (bicyclic) bond motifs is 1. The molecule has 1 aliphatic rings. The lowest BCUT2D eigenvalue weighted by molar-refractivity contribution is -0.140. The average Bonchev–Trinajstić information content (AvgIpc) is 3.30. The molecule has 10 heteroatoms. The van der Waals surface area contributed by atoms with Gasteiger partial charge in [0.15, 0.2) is 5.13 Å². The summed E-state index contributed by atoms with van der Waals surface area (Å²) in [5.41, 5.74) is 7.87. The summed E-state index contributed by atoms with van der Waals surface area (Å²) in [6, 6.07) is 8.13. The molecule has 3 aromatic rings. The highest BCUT2D eigenvalue weighted by molar-refractivity contribution is 7.18. The number of thiazole rings is 1. The number of rotatable bonds is 6. The van der Waals surface area contributed by atoms with Crippen molar-refractivity contribution in [2.45, 2.75) is 25.1 Å². The molecule has 4 rings (SSSR count). The number of nitrogens with one attached hydrogen (secondary N) is 2. The van der Waals surface area contributed by atoms with Crippen LogP contribution in [0.5, 0.6) is 0 Å². The third-order valence-corrected chi connectivity index (χ3v) is 5.88. The molecule has 5 nitrogen and oxygen atoms in total. The number of carbonyl (C=O) groups is 1. The van der Waals surface area contributed by atoms with E-state index in [1.54, 1.807) is 6.20 Å². The first-order valence-corrected chi connectivity index (χ1v) is 10.2. The summed E-state index contributed by atoms with van der Waals surface area (Å²) in [7, 11) is 0. The second-order valence-corrected chi connectivity index (χ2v) is 8.31. The zero-order valence-corrected chi connectivity index (χ0v) is 16.9. The maximum absolute atomic E-state index is 13.7. The molecule has 31 heavy (non-hydrogen) atoms. The number of nitrogens with zero attached hydrogens (tertiary/aromatic N) is 1. The predicted octanol–water partition coefficient (Wildman–Crippen LogP) is 4.44. The summed E-state index contributed by atoms with van der Waals surface area (Å²) in [6.07, 6.45) is -2.44. The van der Waals surface area contributed by atoms with Crippen molar-refractivity contribution in [1.82, 2.24) is 4.98 Å². The molecule has 4 N–H and O–H groups in total. The van der Waals surface area contributed by atoms with Crippen LogP contribution in [0.3, 0.4) is 0 Å². The number of anilines is 2. The Kier molecular flexibility index (Phi) is 5.67. The molecule has 1 atom stereocenters. The fourth-order valence-corrected chi connectivity index (χ4v) is 4.20. The van der Waals surface area contributed by atoms with E-state index in [1.807, 2.05) is 18.2 Å². The van der Waals surface area contributed by atoms with Gasteiger partial charge < -0.3 is 16.4 Å². The van der Waals surface area contributed by atoms with E-state index in [1.165, 1.54) is 17.4 Å². The van der Waals surface area contributed by atoms with Gasteiger partial charge in [0.2, 0.25) is 5.91 Å². The number of aromatic nitrogens is 1. The minimum absolute atomic E-state index is 0.0271. The molecule has 0 bridgehead atoms. The van der Waals surface area contributed by atoms with Gasteiger partial charge in [0.25, 0.3) is 0 Å².